The predicted molar refractivity (Wildman–Crippen MR) is 118 cm³/mol. The maximum atomic E-state index is 10.9. The molecule has 0 fully saturated rings. The third-order valence-corrected chi connectivity index (χ3v) is 5.90. The monoisotopic (exact) mass is 420 g/mol. The number of carboxylic acids is 1. The van der Waals surface area contributed by atoms with Gasteiger partial charge in [-0.25, -0.2) is 4.79 Å². The van der Waals surface area contributed by atoms with Crippen LogP contribution in [0.4, 0.5) is 0 Å². The standard InChI is InChI=1S/C24H30Cl2O2/c25-24(26,23(27)28)19-13-5-3-1-2-4-12-18-22(20-14-8-6-9-15-20)21-16-10-7-11-17-21/h6-11,14-17,22H,1-5,12-13,18-19H2,(H,27,28). The van der Waals surface area contributed by atoms with Crippen molar-refractivity contribution in [3.63, 3.8) is 0 Å². The van der Waals surface area contributed by atoms with Gasteiger partial charge in [0.2, 0.25) is 4.33 Å². The highest BCUT2D eigenvalue weighted by molar-refractivity contribution is 6.57. The van der Waals surface area contributed by atoms with Crippen molar-refractivity contribution >= 4 is 29.2 Å². The third-order valence-electron chi connectivity index (χ3n) is 5.20. The molecule has 1 N–H and O–H groups in total. The van der Waals surface area contributed by atoms with Crippen LogP contribution in [0, 0.1) is 0 Å². The van der Waals surface area contributed by atoms with Gasteiger partial charge in [-0.15, -0.1) is 0 Å². The quantitative estimate of drug-likeness (QED) is 0.267. The minimum absolute atomic E-state index is 0.307. The maximum absolute atomic E-state index is 10.9. The van der Waals surface area contributed by atoms with Crippen molar-refractivity contribution in [1.82, 2.24) is 0 Å². The van der Waals surface area contributed by atoms with Crippen LogP contribution >= 0.6 is 23.2 Å². The Bertz CT molecular complexity index is 647. The van der Waals surface area contributed by atoms with Crippen LogP contribution in [-0.4, -0.2) is 15.4 Å². The van der Waals surface area contributed by atoms with E-state index in [4.69, 9.17) is 28.3 Å². The molecule has 0 aliphatic rings. The first kappa shape index (κ1) is 22.8. The predicted octanol–water partition coefficient (Wildman–Crippen LogP) is 7.59. The Morgan fingerprint density at radius 2 is 1.18 bits per heavy atom. The van der Waals surface area contributed by atoms with Gasteiger partial charge in [-0.2, -0.15) is 0 Å². The third kappa shape index (κ3) is 7.85. The van der Waals surface area contributed by atoms with Gasteiger partial charge in [0, 0.05) is 5.92 Å². The zero-order valence-corrected chi connectivity index (χ0v) is 17.8. The van der Waals surface area contributed by atoms with Crippen molar-refractivity contribution in [1.29, 1.82) is 0 Å². The van der Waals surface area contributed by atoms with E-state index in [-0.39, 0.29) is 0 Å². The second-order valence-electron chi connectivity index (χ2n) is 7.40. The van der Waals surface area contributed by atoms with Crippen molar-refractivity contribution in [3.8, 4) is 0 Å². The fourth-order valence-corrected chi connectivity index (χ4v) is 3.85. The van der Waals surface area contributed by atoms with E-state index < -0.39 is 10.3 Å². The molecule has 0 aliphatic heterocycles. The minimum atomic E-state index is -1.64. The lowest BCUT2D eigenvalue weighted by atomic mass is 9.87. The first-order valence-electron chi connectivity index (χ1n) is 10.2. The van der Waals surface area contributed by atoms with Crippen molar-refractivity contribution in [3.05, 3.63) is 71.8 Å². The van der Waals surface area contributed by atoms with Gasteiger partial charge in [0.25, 0.3) is 0 Å². The van der Waals surface area contributed by atoms with Gasteiger partial charge >= 0.3 is 5.97 Å². The summed E-state index contributed by atoms with van der Waals surface area (Å²) in [6.45, 7) is 0. The van der Waals surface area contributed by atoms with Gasteiger partial charge in [0.15, 0.2) is 0 Å². The molecule has 0 spiro atoms. The van der Waals surface area contributed by atoms with E-state index >= 15 is 0 Å². The Hall–Kier alpha value is -1.51. The van der Waals surface area contributed by atoms with Gasteiger partial charge in [-0.05, 0) is 30.4 Å². The van der Waals surface area contributed by atoms with Gasteiger partial charge in [0.05, 0.1) is 0 Å². The smallest absolute Gasteiger partial charge is 0.340 e. The van der Waals surface area contributed by atoms with Crippen LogP contribution in [0.3, 0.4) is 0 Å². The molecule has 0 saturated carbocycles. The second kappa shape index (κ2) is 12.1. The number of rotatable bonds is 13. The van der Waals surface area contributed by atoms with Crippen LogP contribution < -0.4 is 0 Å². The van der Waals surface area contributed by atoms with Crippen LogP contribution in [0.25, 0.3) is 0 Å². The highest BCUT2D eigenvalue weighted by Crippen LogP contribution is 2.30. The number of aliphatic carboxylic acids is 1. The molecule has 0 atom stereocenters. The summed E-state index contributed by atoms with van der Waals surface area (Å²) in [5.41, 5.74) is 2.77. The maximum Gasteiger partial charge on any atom is 0.340 e. The first-order chi connectivity index (χ1) is 13.5. The molecule has 0 aliphatic carbocycles. The number of unbranched alkanes of at least 4 members (excludes halogenated alkanes) is 6. The molecule has 0 amide bonds. The van der Waals surface area contributed by atoms with E-state index in [2.05, 4.69) is 60.7 Å². The normalized spacial score (nSPS) is 11.7. The van der Waals surface area contributed by atoms with Crippen LogP contribution in [0.2, 0.25) is 0 Å². The Balaban J connectivity index is 1.66. The highest BCUT2D eigenvalue weighted by atomic mass is 35.5. The van der Waals surface area contributed by atoms with Gasteiger partial charge < -0.3 is 5.11 Å². The fraction of sp³-hybridized carbons (Fsp3) is 0.458. The summed E-state index contributed by atoms with van der Waals surface area (Å²) < 4.78 is -1.64. The molecular formula is C24H30Cl2O2. The molecule has 0 bridgehead atoms. The molecule has 0 saturated heterocycles. The molecule has 0 unspecified atom stereocenters. The van der Waals surface area contributed by atoms with Gasteiger partial charge in [-0.3, -0.25) is 0 Å². The van der Waals surface area contributed by atoms with Crippen LogP contribution in [0.5, 0.6) is 0 Å². The molecule has 28 heavy (non-hydrogen) atoms. The summed E-state index contributed by atoms with van der Waals surface area (Å²) in [5.74, 6) is -0.693. The Kier molecular flexibility index (Phi) is 9.87. The van der Waals surface area contributed by atoms with E-state index in [1.165, 1.54) is 36.8 Å². The number of halogens is 2. The van der Waals surface area contributed by atoms with Crippen molar-refractivity contribution in [2.75, 3.05) is 0 Å². The van der Waals surface area contributed by atoms with Crippen molar-refractivity contribution < 1.29 is 9.90 Å². The number of hydrogen-bond acceptors (Lipinski definition) is 1. The number of carboxylic acid groups (broad SMARTS) is 1. The molecule has 0 heterocycles. The molecule has 4 heteroatoms. The van der Waals surface area contributed by atoms with Crippen LogP contribution in [0.15, 0.2) is 60.7 Å². The molecule has 0 aromatic heterocycles. The van der Waals surface area contributed by atoms with Crippen LogP contribution in [-0.2, 0) is 4.79 Å². The highest BCUT2D eigenvalue weighted by Gasteiger charge is 2.32. The minimum Gasteiger partial charge on any atom is -0.479 e. The average Bonchev–Trinajstić information content (AvgIpc) is 2.70. The lowest BCUT2D eigenvalue weighted by molar-refractivity contribution is -0.138. The molecule has 2 aromatic rings. The summed E-state index contributed by atoms with van der Waals surface area (Å²) in [6, 6.07) is 21.5. The lowest BCUT2D eigenvalue weighted by Gasteiger charge is -2.18. The van der Waals surface area contributed by atoms with Gasteiger partial charge in [0.1, 0.15) is 0 Å². The van der Waals surface area contributed by atoms with E-state index in [0.717, 1.165) is 25.7 Å². The summed E-state index contributed by atoms with van der Waals surface area (Å²) in [7, 11) is 0. The largest absolute Gasteiger partial charge is 0.479 e. The first-order valence-corrected chi connectivity index (χ1v) is 11.0. The molecule has 2 rings (SSSR count). The SMILES string of the molecule is O=C(O)C(Cl)(Cl)CCCCCCCCCC(c1ccccc1)c1ccccc1. The summed E-state index contributed by atoms with van der Waals surface area (Å²) in [5, 5.41) is 8.89. The number of benzene rings is 2. The number of alkyl halides is 2. The number of carbonyl (C=O) groups is 1. The molecule has 2 aromatic carbocycles. The summed E-state index contributed by atoms with van der Waals surface area (Å²) in [6.07, 6.45) is 9.11. The Morgan fingerprint density at radius 3 is 1.64 bits per heavy atom. The van der Waals surface area contributed by atoms with E-state index in [1.54, 1.807) is 0 Å². The summed E-state index contributed by atoms with van der Waals surface area (Å²) in [4.78, 5) is 10.9. The number of hydrogen-bond donors (Lipinski definition) is 1. The van der Waals surface area contributed by atoms with Crippen molar-refractivity contribution in [2.45, 2.75) is 68.0 Å². The second-order valence-corrected chi connectivity index (χ2v) is 8.88. The zero-order chi connectivity index (χ0) is 20.2. The van der Waals surface area contributed by atoms with Crippen molar-refractivity contribution in [2.24, 2.45) is 0 Å². The average molecular weight is 421 g/mol. The molecular weight excluding hydrogens is 391 g/mol. The fourth-order valence-electron chi connectivity index (χ4n) is 3.58. The van der Waals surface area contributed by atoms with Crippen LogP contribution in [0.1, 0.15) is 74.8 Å². The van der Waals surface area contributed by atoms with Gasteiger partial charge in [-0.1, -0.05) is 122 Å². The Labute approximate surface area is 178 Å². The van der Waals surface area contributed by atoms with E-state index in [1.807, 2.05) is 0 Å². The zero-order valence-electron chi connectivity index (χ0n) is 16.3. The lowest BCUT2D eigenvalue weighted by Crippen LogP contribution is -2.25. The van der Waals surface area contributed by atoms with E-state index in [9.17, 15) is 4.79 Å². The topological polar surface area (TPSA) is 37.3 Å². The summed E-state index contributed by atoms with van der Waals surface area (Å²) >= 11 is 11.5. The molecule has 0 radical (unpaired) electrons. The molecule has 2 nitrogen and oxygen atoms in total. The molecule has 152 valence electrons. The van der Waals surface area contributed by atoms with E-state index in [0.29, 0.717) is 12.3 Å². The Morgan fingerprint density at radius 1 is 0.750 bits per heavy atom.